The summed E-state index contributed by atoms with van der Waals surface area (Å²) in [5.41, 5.74) is 3.64. The van der Waals surface area contributed by atoms with Gasteiger partial charge in [-0.15, -0.1) is 5.10 Å². The summed E-state index contributed by atoms with van der Waals surface area (Å²) >= 11 is 1.54. The molecule has 1 fully saturated rings. The van der Waals surface area contributed by atoms with Gasteiger partial charge in [0, 0.05) is 19.9 Å². The lowest BCUT2D eigenvalue weighted by Gasteiger charge is -2.22. The zero-order valence-electron chi connectivity index (χ0n) is 16.6. The van der Waals surface area contributed by atoms with Gasteiger partial charge in [0.15, 0.2) is 5.13 Å². The summed E-state index contributed by atoms with van der Waals surface area (Å²) in [6.07, 6.45) is 3.66. The maximum Gasteiger partial charge on any atom is 0.267 e. The van der Waals surface area contributed by atoms with Gasteiger partial charge in [0.05, 0.1) is 30.0 Å². The highest BCUT2D eigenvalue weighted by molar-refractivity contribution is 7.22. The molecule has 0 unspecified atom stereocenters. The number of anilines is 1. The van der Waals surface area contributed by atoms with Gasteiger partial charge < -0.3 is 9.47 Å². The predicted molar refractivity (Wildman–Crippen MR) is 110 cm³/mol. The Morgan fingerprint density at radius 1 is 1.39 bits per heavy atom. The van der Waals surface area contributed by atoms with Gasteiger partial charge in [-0.05, 0) is 37.8 Å². The van der Waals surface area contributed by atoms with E-state index in [4.69, 9.17) is 14.5 Å². The van der Waals surface area contributed by atoms with Gasteiger partial charge in [-0.1, -0.05) is 23.5 Å². The third-order valence-corrected chi connectivity index (χ3v) is 6.25. The van der Waals surface area contributed by atoms with Crippen molar-refractivity contribution in [2.45, 2.75) is 32.8 Å². The number of hydrogen-bond donors (Lipinski definition) is 0. The highest BCUT2D eigenvalue weighted by Crippen LogP contribution is 2.35. The standard InChI is InChI=1S/C20H24N4O3S/c1-12-7-8-13(2)17-16(12)21-20(28-17)24(10-14-6-5-9-27-14)19(25)15-11-23(3)22-18(15)26-4/h7-8,11,14H,5-6,9-10H2,1-4H3/t14-/m0/s1. The van der Waals surface area contributed by atoms with Gasteiger partial charge in [-0.25, -0.2) is 4.98 Å². The second kappa shape index (κ2) is 7.52. The van der Waals surface area contributed by atoms with Crippen molar-refractivity contribution in [3.63, 3.8) is 0 Å². The van der Waals surface area contributed by atoms with Crippen molar-refractivity contribution in [2.75, 3.05) is 25.2 Å². The van der Waals surface area contributed by atoms with E-state index < -0.39 is 0 Å². The van der Waals surface area contributed by atoms with Crippen LogP contribution in [0.2, 0.25) is 0 Å². The number of ether oxygens (including phenoxy) is 2. The first-order valence-corrected chi connectivity index (χ1v) is 10.2. The monoisotopic (exact) mass is 400 g/mol. The zero-order chi connectivity index (χ0) is 19.8. The van der Waals surface area contributed by atoms with Crippen LogP contribution in [0.25, 0.3) is 10.2 Å². The first kappa shape index (κ1) is 18.9. The highest BCUT2D eigenvalue weighted by atomic mass is 32.1. The second-order valence-corrected chi connectivity index (χ2v) is 8.13. The van der Waals surface area contributed by atoms with E-state index in [0.29, 0.717) is 23.1 Å². The highest BCUT2D eigenvalue weighted by Gasteiger charge is 2.30. The molecule has 1 amide bonds. The lowest BCUT2D eigenvalue weighted by atomic mass is 10.1. The number of rotatable bonds is 5. The molecule has 1 atom stereocenters. The van der Waals surface area contributed by atoms with Crippen molar-refractivity contribution in [1.82, 2.24) is 14.8 Å². The molecule has 0 saturated carbocycles. The summed E-state index contributed by atoms with van der Waals surface area (Å²) in [6, 6.07) is 4.16. The summed E-state index contributed by atoms with van der Waals surface area (Å²) in [6.45, 7) is 5.32. The van der Waals surface area contributed by atoms with Crippen LogP contribution in [0.4, 0.5) is 5.13 Å². The molecule has 8 heteroatoms. The van der Waals surface area contributed by atoms with Gasteiger partial charge in [0.25, 0.3) is 5.91 Å². The van der Waals surface area contributed by atoms with Gasteiger partial charge in [0.2, 0.25) is 5.88 Å². The van der Waals surface area contributed by atoms with E-state index in [2.05, 4.69) is 24.2 Å². The molecule has 0 bridgehead atoms. The van der Waals surface area contributed by atoms with Gasteiger partial charge in [-0.3, -0.25) is 14.4 Å². The number of carbonyl (C=O) groups excluding carboxylic acids is 1. The third kappa shape index (κ3) is 3.38. The van der Waals surface area contributed by atoms with Crippen LogP contribution in [-0.4, -0.2) is 47.0 Å². The molecule has 0 N–H and O–H groups in total. The molecule has 1 saturated heterocycles. The summed E-state index contributed by atoms with van der Waals surface area (Å²) in [4.78, 5) is 20.0. The molecule has 3 aromatic rings. The molecular formula is C20H24N4O3S. The Balaban J connectivity index is 1.78. The first-order valence-electron chi connectivity index (χ1n) is 9.35. The van der Waals surface area contributed by atoms with E-state index >= 15 is 0 Å². The fourth-order valence-electron chi connectivity index (χ4n) is 3.51. The van der Waals surface area contributed by atoms with Crippen molar-refractivity contribution in [3.8, 4) is 5.88 Å². The Morgan fingerprint density at radius 3 is 2.86 bits per heavy atom. The molecule has 4 rings (SSSR count). The topological polar surface area (TPSA) is 69.5 Å². The molecule has 0 aliphatic carbocycles. The maximum absolute atomic E-state index is 13.5. The van der Waals surface area contributed by atoms with Crippen molar-refractivity contribution in [3.05, 3.63) is 35.0 Å². The summed E-state index contributed by atoms with van der Waals surface area (Å²) in [5.74, 6) is 0.146. The molecular weight excluding hydrogens is 376 g/mol. The third-order valence-electron chi connectivity index (χ3n) is 5.04. The van der Waals surface area contributed by atoms with Crippen molar-refractivity contribution >= 4 is 32.6 Å². The van der Waals surface area contributed by atoms with Crippen LogP contribution in [0.1, 0.15) is 34.3 Å². The fraction of sp³-hybridized carbons (Fsp3) is 0.450. The molecule has 1 aliphatic heterocycles. The molecule has 148 valence electrons. The molecule has 2 aromatic heterocycles. The van der Waals surface area contributed by atoms with Crippen LogP contribution in [0.3, 0.4) is 0 Å². The van der Waals surface area contributed by atoms with E-state index in [-0.39, 0.29) is 12.0 Å². The van der Waals surface area contributed by atoms with E-state index in [1.54, 1.807) is 34.2 Å². The quantitative estimate of drug-likeness (QED) is 0.656. The number of nitrogens with zero attached hydrogens (tertiary/aromatic N) is 4. The first-order chi connectivity index (χ1) is 13.5. The molecule has 0 radical (unpaired) electrons. The smallest absolute Gasteiger partial charge is 0.267 e. The second-order valence-electron chi connectivity index (χ2n) is 7.15. The Hall–Kier alpha value is -2.45. The largest absolute Gasteiger partial charge is 0.479 e. The normalized spacial score (nSPS) is 16.6. The minimum atomic E-state index is -0.171. The van der Waals surface area contributed by atoms with Gasteiger partial charge >= 0.3 is 0 Å². The molecule has 1 aliphatic rings. The number of aromatic nitrogens is 3. The van der Waals surface area contributed by atoms with Crippen LogP contribution in [0, 0.1) is 13.8 Å². The Bertz CT molecular complexity index is 981. The van der Waals surface area contributed by atoms with E-state index in [9.17, 15) is 4.79 Å². The number of carbonyl (C=O) groups is 1. The fourth-order valence-corrected chi connectivity index (χ4v) is 4.63. The summed E-state index contributed by atoms with van der Waals surface area (Å²) < 4.78 is 13.8. The predicted octanol–water partition coefficient (Wildman–Crippen LogP) is 3.48. The van der Waals surface area contributed by atoms with Crippen molar-refractivity contribution < 1.29 is 14.3 Å². The molecule has 1 aromatic carbocycles. The minimum Gasteiger partial charge on any atom is -0.479 e. The number of amides is 1. The maximum atomic E-state index is 13.5. The zero-order valence-corrected chi connectivity index (χ0v) is 17.4. The van der Waals surface area contributed by atoms with E-state index in [0.717, 1.165) is 40.8 Å². The number of methoxy groups -OCH3 is 1. The van der Waals surface area contributed by atoms with E-state index in [1.807, 2.05) is 6.92 Å². The number of fused-ring (bicyclic) bond motifs is 1. The number of benzene rings is 1. The Kier molecular flexibility index (Phi) is 5.07. The minimum absolute atomic E-state index is 0.0147. The lowest BCUT2D eigenvalue weighted by Crippen LogP contribution is -2.37. The van der Waals surface area contributed by atoms with Crippen LogP contribution in [0.15, 0.2) is 18.3 Å². The molecule has 28 heavy (non-hydrogen) atoms. The van der Waals surface area contributed by atoms with Crippen LogP contribution in [-0.2, 0) is 11.8 Å². The van der Waals surface area contributed by atoms with Crippen molar-refractivity contribution in [2.24, 2.45) is 7.05 Å². The summed E-state index contributed by atoms with van der Waals surface area (Å²) in [7, 11) is 3.29. The molecule has 3 heterocycles. The van der Waals surface area contributed by atoms with E-state index in [1.165, 1.54) is 7.11 Å². The lowest BCUT2D eigenvalue weighted by molar-refractivity contribution is 0.0915. The molecule has 0 spiro atoms. The Morgan fingerprint density at radius 2 is 2.18 bits per heavy atom. The van der Waals surface area contributed by atoms with Crippen LogP contribution in [0.5, 0.6) is 5.88 Å². The number of aryl methyl sites for hydroxylation is 3. The molecule has 7 nitrogen and oxygen atoms in total. The van der Waals surface area contributed by atoms with Crippen molar-refractivity contribution in [1.29, 1.82) is 0 Å². The number of hydrogen-bond acceptors (Lipinski definition) is 6. The van der Waals surface area contributed by atoms with Crippen LogP contribution >= 0.6 is 11.3 Å². The number of thiazole rings is 1. The average molecular weight is 401 g/mol. The van der Waals surface area contributed by atoms with Gasteiger partial charge in [0.1, 0.15) is 5.56 Å². The Labute approximate surface area is 167 Å². The van der Waals surface area contributed by atoms with Gasteiger partial charge in [-0.2, -0.15) is 0 Å². The van der Waals surface area contributed by atoms with Crippen LogP contribution < -0.4 is 9.64 Å². The average Bonchev–Trinajstić information content (AvgIpc) is 3.41. The summed E-state index contributed by atoms with van der Waals surface area (Å²) in [5, 5.41) is 4.91. The SMILES string of the molecule is COc1nn(C)cc1C(=O)N(C[C@@H]1CCCO1)c1nc2c(C)ccc(C)c2s1.